The summed E-state index contributed by atoms with van der Waals surface area (Å²) in [6, 6.07) is 8.61. The Kier molecular flexibility index (Phi) is 4.17. The van der Waals surface area contributed by atoms with Gasteiger partial charge in [-0.25, -0.2) is 0 Å². The van der Waals surface area contributed by atoms with Crippen LogP contribution in [0.15, 0.2) is 30.3 Å². The molecular formula is C22H33N3. The van der Waals surface area contributed by atoms with Crippen LogP contribution in [0.5, 0.6) is 0 Å². The minimum absolute atomic E-state index is 0.0415. The number of rotatable bonds is 3. The largest absolute Gasteiger partial charge is 0.358 e. The summed E-state index contributed by atoms with van der Waals surface area (Å²) in [5, 5.41) is 1.30. The molecule has 0 radical (unpaired) electrons. The molecule has 0 saturated carbocycles. The Labute approximate surface area is 152 Å². The van der Waals surface area contributed by atoms with Crippen LogP contribution in [-0.2, 0) is 6.42 Å². The van der Waals surface area contributed by atoms with E-state index in [0.29, 0.717) is 0 Å². The first-order chi connectivity index (χ1) is 11.4. The van der Waals surface area contributed by atoms with Crippen LogP contribution in [0.25, 0.3) is 16.5 Å². The summed E-state index contributed by atoms with van der Waals surface area (Å²) < 4.78 is 0. The Balaban J connectivity index is 2.24. The molecule has 3 rings (SSSR count). The number of nitrogens with zero attached hydrogens (tertiary/aromatic N) is 1. The van der Waals surface area contributed by atoms with Crippen molar-refractivity contribution < 1.29 is 0 Å². The third-order valence-electron chi connectivity index (χ3n) is 5.90. The fraction of sp³-hybridized carbons (Fsp3) is 0.545. The molecule has 1 aliphatic heterocycles. The molecule has 0 amide bonds. The zero-order chi connectivity index (χ0) is 18.6. The lowest BCUT2D eigenvalue weighted by molar-refractivity contribution is 0.0737. The number of benzene rings is 1. The summed E-state index contributed by atoms with van der Waals surface area (Å²) in [6.45, 7) is 13.5. The van der Waals surface area contributed by atoms with Crippen LogP contribution in [0, 0.1) is 0 Å². The zero-order valence-electron chi connectivity index (χ0n) is 16.8. The van der Waals surface area contributed by atoms with Crippen molar-refractivity contribution in [2.75, 3.05) is 7.05 Å². The Hall–Kier alpha value is -1.58. The van der Waals surface area contributed by atoms with E-state index in [0.717, 1.165) is 12.8 Å². The molecule has 1 aromatic carbocycles. The van der Waals surface area contributed by atoms with Gasteiger partial charge in [-0.3, -0.25) is 4.90 Å². The average Bonchev–Trinajstić information content (AvgIpc) is 2.81. The van der Waals surface area contributed by atoms with Gasteiger partial charge in [-0.2, -0.15) is 0 Å². The minimum Gasteiger partial charge on any atom is -0.358 e. The van der Waals surface area contributed by atoms with Crippen LogP contribution >= 0.6 is 0 Å². The third-order valence-corrected chi connectivity index (χ3v) is 5.90. The molecule has 3 nitrogen and oxygen atoms in total. The topological polar surface area (TPSA) is 45.0 Å². The molecule has 0 spiro atoms. The second-order valence-corrected chi connectivity index (χ2v) is 9.44. The van der Waals surface area contributed by atoms with E-state index >= 15 is 0 Å². The fourth-order valence-electron chi connectivity index (χ4n) is 4.18. The number of nitrogens with two attached hydrogens (primary N) is 1. The monoisotopic (exact) mass is 339 g/mol. The molecule has 3 heteroatoms. The maximum atomic E-state index is 6.38. The Morgan fingerprint density at radius 1 is 1.16 bits per heavy atom. The van der Waals surface area contributed by atoms with Gasteiger partial charge < -0.3 is 10.7 Å². The van der Waals surface area contributed by atoms with E-state index in [1.165, 1.54) is 27.7 Å². The number of hydrogen-bond acceptors (Lipinski definition) is 2. The van der Waals surface area contributed by atoms with Crippen molar-refractivity contribution in [3.05, 3.63) is 41.6 Å². The second kappa shape index (κ2) is 5.72. The molecule has 0 atom stereocenters. The average molecular weight is 340 g/mol. The number of aromatic amines is 1. The van der Waals surface area contributed by atoms with Crippen molar-refractivity contribution in [2.24, 2.45) is 5.73 Å². The number of H-pyrrole nitrogens is 1. The lowest BCUT2D eigenvalue weighted by Crippen LogP contribution is -2.55. The first kappa shape index (κ1) is 18.2. The van der Waals surface area contributed by atoms with E-state index in [-0.39, 0.29) is 16.6 Å². The molecule has 0 aliphatic carbocycles. The quantitative estimate of drug-likeness (QED) is 0.849. The molecule has 3 N–H and O–H groups in total. The van der Waals surface area contributed by atoms with Crippen LogP contribution in [0.4, 0.5) is 0 Å². The van der Waals surface area contributed by atoms with Gasteiger partial charge in [0.25, 0.3) is 0 Å². The van der Waals surface area contributed by atoms with Crippen molar-refractivity contribution in [1.82, 2.24) is 9.88 Å². The number of fused-ring (bicyclic) bond motifs is 1. The number of hydrogen-bond donors (Lipinski definition) is 2. The van der Waals surface area contributed by atoms with E-state index < -0.39 is 0 Å². The molecular weight excluding hydrogens is 306 g/mol. The van der Waals surface area contributed by atoms with Gasteiger partial charge in [-0.1, -0.05) is 24.3 Å². The molecule has 0 fully saturated rings. The first-order valence-electron chi connectivity index (χ1n) is 9.27. The van der Waals surface area contributed by atoms with Gasteiger partial charge in [0.1, 0.15) is 0 Å². The molecule has 0 bridgehead atoms. The highest BCUT2D eigenvalue weighted by Gasteiger charge is 2.42. The highest BCUT2D eigenvalue weighted by Crippen LogP contribution is 2.45. The number of aromatic nitrogens is 1. The van der Waals surface area contributed by atoms with Crippen LogP contribution in [0.1, 0.15) is 59.2 Å². The lowest BCUT2D eigenvalue weighted by atomic mass is 9.76. The van der Waals surface area contributed by atoms with Gasteiger partial charge in [-0.15, -0.1) is 0 Å². The van der Waals surface area contributed by atoms with E-state index in [4.69, 9.17) is 5.73 Å². The van der Waals surface area contributed by atoms with Crippen molar-refractivity contribution in [1.29, 1.82) is 0 Å². The van der Waals surface area contributed by atoms with Gasteiger partial charge in [0.15, 0.2) is 0 Å². The Bertz CT molecular complexity index is 815. The van der Waals surface area contributed by atoms with Gasteiger partial charge >= 0.3 is 0 Å². The van der Waals surface area contributed by atoms with Gasteiger partial charge in [0, 0.05) is 45.2 Å². The maximum absolute atomic E-state index is 6.38. The van der Waals surface area contributed by atoms with E-state index in [9.17, 15) is 0 Å². The Morgan fingerprint density at radius 3 is 2.44 bits per heavy atom. The maximum Gasteiger partial charge on any atom is 0.0462 e. The molecule has 1 aromatic heterocycles. The van der Waals surface area contributed by atoms with Gasteiger partial charge in [0.05, 0.1) is 0 Å². The van der Waals surface area contributed by atoms with Crippen LogP contribution in [-0.4, -0.2) is 33.5 Å². The van der Waals surface area contributed by atoms with Gasteiger partial charge in [0.2, 0.25) is 0 Å². The van der Waals surface area contributed by atoms with Crippen molar-refractivity contribution in [2.45, 2.75) is 71.0 Å². The van der Waals surface area contributed by atoms with E-state index in [1.54, 1.807) is 0 Å². The molecule has 1 aliphatic rings. The van der Waals surface area contributed by atoms with Crippen LogP contribution < -0.4 is 5.73 Å². The molecule has 0 saturated heterocycles. The molecule has 136 valence electrons. The first-order valence-corrected chi connectivity index (χ1v) is 9.27. The smallest absolute Gasteiger partial charge is 0.0462 e. The minimum atomic E-state index is -0.250. The summed E-state index contributed by atoms with van der Waals surface area (Å²) >= 11 is 0. The highest BCUT2D eigenvalue weighted by molar-refractivity contribution is 5.96. The lowest BCUT2D eigenvalue weighted by Gasteiger charge is -2.51. The van der Waals surface area contributed by atoms with Crippen LogP contribution in [0.3, 0.4) is 0 Å². The third kappa shape index (κ3) is 3.16. The standard InChI is InChI=1S/C22H33N3/c1-20(2,23)14-18-19(15-10-8-9-11-17(15)24-18)16-12-13-21(3,4)25(7)22(16,5)6/h8-12,24H,13-14,23H2,1-7H3. The normalized spacial score (nSPS) is 20.7. The highest BCUT2D eigenvalue weighted by atomic mass is 15.2. The van der Waals surface area contributed by atoms with E-state index in [1.807, 2.05) is 0 Å². The van der Waals surface area contributed by atoms with E-state index in [2.05, 4.69) is 88.8 Å². The van der Waals surface area contributed by atoms with Crippen molar-refractivity contribution in [3.63, 3.8) is 0 Å². The summed E-state index contributed by atoms with van der Waals surface area (Å²) in [4.78, 5) is 6.16. The fourth-order valence-corrected chi connectivity index (χ4v) is 4.18. The summed E-state index contributed by atoms with van der Waals surface area (Å²) in [6.07, 6.45) is 4.33. The molecule has 25 heavy (non-hydrogen) atoms. The zero-order valence-corrected chi connectivity index (χ0v) is 16.8. The molecule has 0 unspecified atom stereocenters. The summed E-state index contributed by atoms with van der Waals surface area (Å²) in [7, 11) is 2.24. The predicted octanol–water partition coefficient (Wildman–Crippen LogP) is 4.72. The summed E-state index contributed by atoms with van der Waals surface area (Å²) in [5.41, 5.74) is 11.4. The van der Waals surface area contributed by atoms with Crippen molar-refractivity contribution in [3.8, 4) is 0 Å². The van der Waals surface area contributed by atoms with Crippen molar-refractivity contribution >= 4 is 16.5 Å². The predicted molar refractivity (Wildman–Crippen MR) is 109 cm³/mol. The number of likely N-dealkylation sites (N-methyl/N-ethyl adjacent to an activating group) is 1. The van der Waals surface area contributed by atoms with Gasteiger partial charge in [-0.05, 0) is 66.7 Å². The second-order valence-electron chi connectivity index (χ2n) is 9.44. The van der Waals surface area contributed by atoms with Crippen LogP contribution in [0.2, 0.25) is 0 Å². The molecule has 2 heterocycles. The number of para-hydroxylation sites is 1. The summed E-state index contributed by atoms with van der Waals surface area (Å²) in [5.74, 6) is 0. The Morgan fingerprint density at radius 2 is 1.80 bits per heavy atom. The number of nitrogens with one attached hydrogen (secondary N) is 1. The molecule has 2 aromatic rings. The SMILES string of the molecule is CN1C(C)(C)CC=C(c2c(CC(C)(C)N)[nH]c3ccccc23)C1(C)C.